The second kappa shape index (κ2) is 10.2. The van der Waals surface area contributed by atoms with Gasteiger partial charge in [-0.2, -0.15) is 0 Å². The molecule has 3 aromatic carbocycles. The summed E-state index contributed by atoms with van der Waals surface area (Å²) in [6, 6.07) is 21.5. The molecule has 1 N–H and O–H groups in total. The van der Waals surface area contributed by atoms with Gasteiger partial charge >= 0.3 is 0 Å². The van der Waals surface area contributed by atoms with Crippen molar-refractivity contribution in [2.75, 3.05) is 49.0 Å². The van der Waals surface area contributed by atoms with Crippen LogP contribution in [0.4, 0.5) is 11.4 Å². The van der Waals surface area contributed by atoms with E-state index < -0.39 is 10.0 Å². The van der Waals surface area contributed by atoms with E-state index in [9.17, 15) is 13.2 Å². The van der Waals surface area contributed by atoms with Crippen LogP contribution in [0.15, 0.2) is 77.7 Å². The number of amides is 1. The van der Waals surface area contributed by atoms with Crippen molar-refractivity contribution in [2.24, 2.45) is 0 Å². The minimum absolute atomic E-state index is 0.111. The third-order valence-corrected chi connectivity index (χ3v) is 8.37. The molecule has 0 spiro atoms. The van der Waals surface area contributed by atoms with Crippen LogP contribution in [0.25, 0.3) is 0 Å². The number of sulfonamides is 1. The van der Waals surface area contributed by atoms with Gasteiger partial charge in [0.2, 0.25) is 0 Å². The highest BCUT2D eigenvalue weighted by Gasteiger charge is 2.31. The van der Waals surface area contributed by atoms with Crippen LogP contribution in [0.3, 0.4) is 0 Å². The van der Waals surface area contributed by atoms with E-state index in [0.29, 0.717) is 29.9 Å². The maximum absolute atomic E-state index is 13.3. The standard InChI is InChI=1S/C27H29N3O4S/c31-27(28-24-10-8-21(9-11-24)12-14-29-16-18-34-19-17-29)23-5-3-6-25(20-23)35(32,33)30-15-13-22-4-1-2-7-26(22)30/h1-11,20H,12-19H2,(H,28,31). The monoisotopic (exact) mass is 491 g/mol. The molecule has 0 atom stereocenters. The van der Waals surface area contributed by atoms with E-state index in [1.54, 1.807) is 12.1 Å². The van der Waals surface area contributed by atoms with Crippen LogP contribution < -0.4 is 9.62 Å². The number of fused-ring (bicyclic) bond motifs is 1. The lowest BCUT2D eigenvalue weighted by Crippen LogP contribution is -2.37. The van der Waals surface area contributed by atoms with E-state index >= 15 is 0 Å². The molecule has 5 rings (SSSR count). The predicted octanol–water partition coefficient (Wildman–Crippen LogP) is 3.57. The number of morpholine rings is 1. The fourth-order valence-corrected chi connectivity index (χ4v) is 6.10. The first-order valence-corrected chi connectivity index (χ1v) is 13.4. The highest BCUT2D eigenvalue weighted by Crippen LogP contribution is 2.32. The lowest BCUT2D eigenvalue weighted by molar-refractivity contribution is 0.0384. The number of hydrogen-bond acceptors (Lipinski definition) is 5. The molecule has 1 fully saturated rings. The van der Waals surface area contributed by atoms with Crippen molar-refractivity contribution in [1.29, 1.82) is 0 Å². The second-order valence-corrected chi connectivity index (χ2v) is 10.7. The van der Waals surface area contributed by atoms with Gasteiger partial charge in [0, 0.05) is 37.4 Å². The molecule has 0 saturated carbocycles. The lowest BCUT2D eigenvalue weighted by atomic mass is 10.1. The zero-order chi connectivity index (χ0) is 24.3. The highest BCUT2D eigenvalue weighted by atomic mass is 32.2. The average molecular weight is 492 g/mol. The molecule has 0 aliphatic carbocycles. The minimum atomic E-state index is -3.76. The Balaban J connectivity index is 1.24. The van der Waals surface area contributed by atoms with Crippen LogP contribution in [-0.4, -0.2) is 58.6 Å². The number of hydrogen-bond donors (Lipinski definition) is 1. The van der Waals surface area contributed by atoms with Crippen molar-refractivity contribution in [3.05, 3.63) is 89.5 Å². The van der Waals surface area contributed by atoms with Crippen LogP contribution in [0.5, 0.6) is 0 Å². The SMILES string of the molecule is O=C(Nc1ccc(CCN2CCOCC2)cc1)c1cccc(S(=O)(=O)N2CCc3ccccc32)c1. The van der Waals surface area contributed by atoms with Crippen molar-refractivity contribution in [1.82, 2.24) is 4.90 Å². The molecule has 7 nitrogen and oxygen atoms in total. The molecular weight excluding hydrogens is 462 g/mol. The molecule has 2 aliphatic heterocycles. The summed E-state index contributed by atoms with van der Waals surface area (Å²) < 4.78 is 33.5. The Morgan fingerprint density at radius 2 is 1.69 bits per heavy atom. The summed E-state index contributed by atoms with van der Waals surface area (Å²) in [5.41, 5.74) is 3.89. The van der Waals surface area contributed by atoms with Gasteiger partial charge in [-0.1, -0.05) is 36.4 Å². The predicted molar refractivity (Wildman–Crippen MR) is 136 cm³/mol. The fourth-order valence-electron chi connectivity index (χ4n) is 4.55. The Bertz CT molecular complexity index is 1300. The number of nitrogens with zero attached hydrogens (tertiary/aromatic N) is 2. The van der Waals surface area contributed by atoms with Crippen LogP contribution in [0.2, 0.25) is 0 Å². The molecule has 8 heteroatoms. The summed E-state index contributed by atoms with van der Waals surface area (Å²) >= 11 is 0. The van der Waals surface area contributed by atoms with Crippen LogP contribution in [0.1, 0.15) is 21.5 Å². The molecule has 1 saturated heterocycles. The summed E-state index contributed by atoms with van der Waals surface area (Å²) in [5.74, 6) is -0.343. The van der Waals surface area contributed by atoms with Gasteiger partial charge in [0.05, 0.1) is 23.8 Å². The third-order valence-electron chi connectivity index (χ3n) is 6.56. The lowest BCUT2D eigenvalue weighted by Gasteiger charge is -2.26. The largest absolute Gasteiger partial charge is 0.379 e. The molecule has 2 aliphatic rings. The summed E-state index contributed by atoms with van der Waals surface area (Å²) in [5, 5.41) is 2.88. The number of carbonyl (C=O) groups excluding carboxylic acids is 1. The van der Waals surface area contributed by atoms with E-state index in [1.165, 1.54) is 22.0 Å². The van der Waals surface area contributed by atoms with Crippen molar-refractivity contribution < 1.29 is 17.9 Å². The molecule has 0 radical (unpaired) electrons. The molecule has 0 unspecified atom stereocenters. The zero-order valence-corrected chi connectivity index (χ0v) is 20.3. The quantitative estimate of drug-likeness (QED) is 0.547. The number of anilines is 2. The number of para-hydroxylation sites is 1. The van der Waals surface area contributed by atoms with Crippen LogP contribution in [-0.2, 0) is 27.6 Å². The Morgan fingerprint density at radius 3 is 2.49 bits per heavy atom. The number of ether oxygens (including phenoxy) is 1. The third kappa shape index (κ3) is 5.24. The number of carbonyl (C=O) groups is 1. The molecular formula is C27H29N3O4S. The molecule has 0 aromatic heterocycles. The van der Waals surface area contributed by atoms with Crippen molar-refractivity contribution in [3.8, 4) is 0 Å². The van der Waals surface area contributed by atoms with Gasteiger partial charge in [-0.3, -0.25) is 14.0 Å². The van der Waals surface area contributed by atoms with E-state index in [0.717, 1.165) is 44.8 Å². The molecule has 0 bridgehead atoms. The van der Waals surface area contributed by atoms with Crippen molar-refractivity contribution >= 4 is 27.3 Å². The summed E-state index contributed by atoms with van der Waals surface area (Å²) in [7, 11) is -3.76. The zero-order valence-electron chi connectivity index (χ0n) is 19.5. The Kier molecular flexibility index (Phi) is 6.86. The van der Waals surface area contributed by atoms with Gasteiger partial charge in [0.1, 0.15) is 0 Å². The first kappa shape index (κ1) is 23.5. The van der Waals surface area contributed by atoms with E-state index in [2.05, 4.69) is 10.2 Å². The average Bonchev–Trinajstić information content (AvgIpc) is 3.34. The highest BCUT2D eigenvalue weighted by molar-refractivity contribution is 7.92. The van der Waals surface area contributed by atoms with Crippen LogP contribution >= 0.6 is 0 Å². The van der Waals surface area contributed by atoms with Crippen molar-refractivity contribution in [3.63, 3.8) is 0 Å². The van der Waals surface area contributed by atoms with E-state index in [-0.39, 0.29) is 10.8 Å². The Labute approximate surface area is 206 Å². The maximum atomic E-state index is 13.3. The van der Waals surface area contributed by atoms with Gasteiger partial charge in [-0.25, -0.2) is 8.42 Å². The Morgan fingerprint density at radius 1 is 0.914 bits per heavy atom. The number of benzene rings is 3. The van der Waals surface area contributed by atoms with E-state index in [4.69, 9.17) is 4.74 Å². The molecule has 2 heterocycles. The maximum Gasteiger partial charge on any atom is 0.264 e. The number of nitrogens with one attached hydrogen (secondary N) is 1. The van der Waals surface area contributed by atoms with Gasteiger partial charge in [0.15, 0.2) is 0 Å². The van der Waals surface area contributed by atoms with Crippen LogP contribution in [0, 0.1) is 0 Å². The summed E-state index contributed by atoms with van der Waals surface area (Å²) in [4.78, 5) is 15.4. The molecule has 182 valence electrons. The molecule has 1 amide bonds. The van der Waals surface area contributed by atoms with Gasteiger partial charge in [-0.15, -0.1) is 0 Å². The summed E-state index contributed by atoms with van der Waals surface area (Å²) in [6.07, 6.45) is 1.62. The first-order chi connectivity index (χ1) is 17.0. The van der Waals surface area contributed by atoms with Gasteiger partial charge in [0.25, 0.3) is 15.9 Å². The smallest absolute Gasteiger partial charge is 0.264 e. The normalized spacial score (nSPS) is 16.2. The molecule has 35 heavy (non-hydrogen) atoms. The van der Waals surface area contributed by atoms with Crippen molar-refractivity contribution in [2.45, 2.75) is 17.7 Å². The molecule has 3 aromatic rings. The van der Waals surface area contributed by atoms with Gasteiger partial charge in [-0.05, 0) is 60.4 Å². The van der Waals surface area contributed by atoms with E-state index in [1.807, 2.05) is 48.5 Å². The first-order valence-electron chi connectivity index (χ1n) is 11.9. The topological polar surface area (TPSA) is 79.0 Å². The van der Waals surface area contributed by atoms with Gasteiger partial charge < -0.3 is 10.1 Å². The Hall–Kier alpha value is -3.20. The minimum Gasteiger partial charge on any atom is -0.379 e. The second-order valence-electron chi connectivity index (χ2n) is 8.84. The fraction of sp³-hybridized carbons (Fsp3) is 0.296. The number of rotatable bonds is 7. The summed E-state index contributed by atoms with van der Waals surface area (Å²) in [6.45, 7) is 4.89.